The van der Waals surface area contributed by atoms with E-state index in [1.54, 1.807) is 6.07 Å². The van der Waals surface area contributed by atoms with Crippen molar-refractivity contribution in [1.82, 2.24) is 0 Å². The standard InChI is InChI=1S/C11H9Cl2NO2/c1-5(2)14-10-7-3-6(12)4-8(13)9(7)11(15)16-10/h3-5H,1-2H3/b14-10-. The van der Waals surface area contributed by atoms with Gasteiger partial charge in [0.25, 0.3) is 0 Å². The van der Waals surface area contributed by atoms with Crippen LogP contribution in [-0.4, -0.2) is 17.9 Å². The summed E-state index contributed by atoms with van der Waals surface area (Å²) in [6.07, 6.45) is 0. The van der Waals surface area contributed by atoms with Gasteiger partial charge >= 0.3 is 5.97 Å². The second kappa shape index (κ2) is 4.07. The molecule has 0 N–H and O–H groups in total. The molecule has 1 aromatic rings. The predicted octanol–water partition coefficient (Wildman–Crippen LogP) is 3.32. The van der Waals surface area contributed by atoms with Crippen molar-refractivity contribution in [3.63, 3.8) is 0 Å². The number of carbonyl (C=O) groups is 1. The van der Waals surface area contributed by atoms with Crippen LogP contribution in [0.3, 0.4) is 0 Å². The van der Waals surface area contributed by atoms with Crippen LogP contribution in [0.5, 0.6) is 0 Å². The lowest BCUT2D eigenvalue weighted by Crippen LogP contribution is -2.04. The van der Waals surface area contributed by atoms with Gasteiger partial charge < -0.3 is 4.74 Å². The Morgan fingerprint density at radius 1 is 1.31 bits per heavy atom. The Bertz CT molecular complexity index is 495. The number of benzene rings is 1. The second-order valence-electron chi connectivity index (χ2n) is 3.73. The van der Waals surface area contributed by atoms with Crippen molar-refractivity contribution in [2.45, 2.75) is 19.9 Å². The zero-order valence-corrected chi connectivity index (χ0v) is 10.3. The largest absolute Gasteiger partial charge is 0.403 e. The fraction of sp³-hybridized carbons (Fsp3) is 0.273. The van der Waals surface area contributed by atoms with E-state index in [2.05, 4.69) is 4.99 Å². The van der Waals surface area contributed by atoms with Gasteiger partial charge in [-0.15, -0.1) is 0 Å². The minimum atomic E-state index is -0.476. The molecule has 0 fully saturated rings. The molecule has 84 valence electrons. The van der Waals surface area contributed by atoms with Crippen LogP contribution >= 0.6 is 23.2 Å². The van der Waals surface area contributed by atoms with Crippen molar-refractivity contribution in [3.8, 4) is 0 Å². The number of ether oxygens (including phenoxy) is 1. The Morgan fingerprint density at radius 2 is 2.00 bits per heavy atom. The molecule has 1 aliphatic rings. The monoisotopic (exact) mass is 257 g/mol. The number of hydrogen-bond donors (Lipinski definition) is 0. The lowest BCUT2D eigenvalue weighted by atomic mass is 10.1. The predicted molar refractivity (Wildman–Crippen MR) is 63.6 cm³/mol. The fourth-order valence-corrected chi connectivity index (χ4v) is 2.04. The van der Waals surface area contributed by atoms with Crippen molar-refractivity contribution in [2.24, 2.45) is 4.99 Å². The summed E-state index contributed by atoms with van der Waals surface area (Å²) < 4.78 is 5.05. The van der Waals surface area contributed by atoms with Crippen molar-refractivity contribution in [3.05, 3.63) is 33.3 Å². The van der Waals surface area contributed by atoms with Gasteiger partial charge in [-0.25, -0.2) is 9.79 Å². The summed E-state index contributed by atoms with van der Waals surface area (Å²) in [7, 11) is 0. The summed E-state index contributed by atoms with van der Waals surface area (Å²) in [5.41, 5.74) is 0.904. The van der Waals surface area contributed by atoms with Gasteiger partial charge in [0.05, 0.1) is 16.1 Å². The van der Waals surface area contributed by atoms with Crippen LogP contribution in [0.1, 0.15) is 29.8 Å². The summed E-state index contributed by atoms with van der Waals surface area (Å²) >= 11 is 11.8. The molecule has 0 saturated carbocycles. The maximum Gasteiger partial charge on any atom is 0.347 e. The highest BCUT2D eigenvalue weighted by atomic mass is 35.5. The van der Waals surface area contributed by atoms with Gasteiger partial charge in [-0.2, -0.15) is 0 Å². The van der Waals surface area contributed by atoms with E-state index < -0.39 is 5.97 Å². The molecule has 0 radical (unpaired) electrons. The molecule has 1 aromatic carbocycles. The molecule has 5 heteroatoms. The lowest BCUT2D eigenvalue weighted by molar-refractivity contribution is 0.0736. The highest BCUT2D eigenvalue weighted by Gasteiger charge is 2.31. The molecule has 1 aliphatic heterocycles. The van der Waals surface area contributed by atoms with Crippen LogP contribution in [0.4, 0.5) is 0 Å². The van der Waals surface area contributed by atoms with Crippen LogP contribution in [-0.2, 0) is 4.74 Å². The normalized spacial score (nSPS) is 16.8. The minimum Gasteiger partial charge on any atom is -0.403 e. The minimum absolute atomic E-state index is 0.0338. The Labute approximate surface area is 103 Å². The molecule has 0 aliphatic carbocycles. The van der Waals surface area contributed by atoms with E-state index in [9.17, 15) is 4.79 Å². The molecule has 0 saturated heterocycles. The zero-order chi connectivity index (χ0) is 11.9. The molecular weight excluding hydrogens is 249 g/mol. The van der Waals surface area contributed by atoms with E-state index in [1.165, 1.54) is 6.07 Å². The number of fused-ring (bicyclic) bond motifs is 1. The highest BCUT2D eigenvalue weighted by Crippen LogP contribution is 2.31. The number of aliphatic imine (C=N–C) groups is 1. The van der Waals surface area contributed by atoms with Crippen LogP contribution < -0.4 is 0 Å². The first-order valence-corrected chi connectivity index (χ1v) is 5.54. The molecule has 0 unspecified atom stereocenters. The third kappa shape index (κ3) is 1.93. The van der Waals surface area contributed by atoms with Crippen LogP contribution in [0.15, 0.2) is 17.1 Å². The van der Waals surface area contributed by atoms with Crippen molar-refractivity contribution in [1.29, 1.82) is 0 Å². The van der Waals surface area contributed by atoms with Crippen LogP contribution in [0, 0.1) is 0 Å². The van der Waals surface area contributed by atoms with Crippen molar-refractivity contribution >= 4 is 35.1 Å². The van der Waals surface area contributed by atoms with Gasteiger partial charge in [0.15, 0.2) is 0 Å². The average Bonchev–Trinajstić information content (AvgIpc) is 2.41. The molecule has 0 spiro atoms. The summed E-state index contributed by atoms with van der Waals surface area (Å²) in [5.74, 6) is -0.185. The van der Waals surface area contributed by atoms with E-state index in [0.717, 1.165) is 0 Å². The van der Waals surface area contributed by atoms with E-state index >= 15 is 0 Å². The number of cyclic esters (lactones) is 1. The number of carbonyl (C=O) groups excluding carboxylic acids is 1. The third-order valence-electron chi connectivity index (χ3n) is 2.05. The fourth-order valence-electron chi connectivity index (χ4n) is 1.47. The molecule has 0 aromatic heterocycles. The van der Waals surface area contributed by atoms with Crippen LogP contribution in [0.2, 0.25) is 10.0 Å². The number of hydrogen-bond acceptors (Lipinski definition) is 3. The molecule has 0 atom stereocenters. The lowest BCUT2D eigenvalue weighted by Gasteiger charge is -2.01. The Hall–Kier alpha value is -1.06. The van der Waals surface area contributed by atoms with Crippen LogP contribution in [0.25, 0.3) is 0 Å². The number of halogens is 2. The first-order valence-electron chi connectivity index (χ1n) is 4.78. The molecule has 2 rings (SSSR count). The SMILES string of the molecule is CC(C)/N=C1\OC(=O)c2c(Cl)cc(Cl)cc21. The van der Waals surface area contributed by atoms with Gasteiger partial charge in [0.2, 0.25) is 5.90 Å². The van der Waals surface area contributed by atoms with E-state index in [1.807, 2.05) is 13.8 Å². The molecule has 0 bridgehead atoms. The smallest absolute Gasteiger partial charge is 0.347 e. The van der Waals surface area contributed by atoms with E-state index in [0.29, 0.717) is 27.1 Å². The topological polar surface area (TPSA) is 38.7 Å². The molecule has 16 heavy (non-hydrogen) atoms. The second-order valence-corrected chi connectivity index (χ2v) is 4.57. The van der Waals surface area contributed by atoms with Gasteiger partial charge in [-0.3, -0.25) is 0 Å². The molecular formula is C11H9Cl2NO2. The van der Waals surface area contributed by atoms with Gasteiger partial charge in [-0.1, -0.05) is 23.2 Å². The number of rotatable bonds is 1. The Morgan fingerprint density at radius 3 is 2.62 bits per heavy atom. The molecule has 3 nitrogen and oxygen atoms in total. The quantitative estimate of drug-likeness (QED) is 0.725. The Balaban J connectivity index is 2.62. The highest BCUT2D eigenvalue weighted by molar-refractivity contribution is 6.39. The van der Waals surface area contributed by atoms with Gasteiger partial charge in [-0.05, 0) is 26.0 Å². The average molecular weight is 258 g/mol. The Kier molecular flexibility index (Phi) is 2.91. The summed E-state index contributed by atoms with van der Waals surface area (Å²) in [6, 6.07) is 3.18. The van der Waals surface area contributed by atoms with Gasteiger partial charge in [0, 0.05) is 11.1 Å². The molecule has 1 heterocycles. The zero-order valence-electron chi connectivity index (χ0n) is 8.75. The maximum absolute atomic E-state index is 11.6. The van der Waals surface area contributed by atoms with E-state index in [4.69, 9.17) is 27.9 Å². The van der Waals surface area contributed by atoms with Gasteiger partial charge in [0.1, 0.15) is 0 Å². The molecule has 0 amide bonds. The summed E-state index contributed by atoms with van der Waals surface area (Å²) in [6.45, 7) is 3.79. The third-order valence-corrected chi connectivity index (χ3v) is 2.57. The summed E-state index contributed by atoms with van der Waals surface area (Å²) in [5, 5.41) is 0.750. The van der Waals surface area contributed by atoms with Crippen molar-refractivity contribution in [2.75, 3.05) is 0 Å². The first kappa shape index (κ1) is 11.4. The van der Waals surface area contributed by atoms with E-state index in [-0.39, 0.29) is 6.04 Å². The van der Waals surface area contributed by atoms with Crippen molar-refractivity contribution < 1.29 is 9.53 Å². The summed E-state index contributed by atoms with van der Waals surface area (Å²) in [4.78, 5) is 15.8. The number of nitrogens with zero attached hydrogens (tertiary/aromatic N) is 1. The first-order chi connectivity index (χ1) is 7.49. The number of esters is 1. The maximum atomic E-state index is 11.6.